The van der Waals surface area contributed by atoms with Crippen LogP contribution in [0.2, 0.25) is 5.02 Å². The number of aromatic nitrogens is 1. The number of carbonyl (C=O) groups is 1. The van der Waals surface area contributed by atoms with Gasteiger partial charge in [-0.2, -0.15) is 0 Å². The molecule has 0 aliphatic carbocycles. The number of thiazole rings is 1. The fraction of sp³-hybridized carbons (Fsp3) is 0.194. The van der Waals surface area contributed by atoms with Gasteiger partial charge in [-0.1, -0.05) is 77.5 Å². The highest BCUT2D eigenvalue weighted by atomic mass is 35.5. The number of fused-ring (bicyclic) bond motifs is 2. The molecule has 8 nitrogen and oxygen atoms in total. The molecule has 0 N–H and O–H groups in total. The Kier molecular flexibility index (Phi) is 8.96. The highest BCUT2D eigenvalue weighted by molar-refractivity contribution is 7.07. The largest absolute Gasteiger partial charge is 0.496 e. The number of hydrogen-bond acceptors (Lipinski definition) is 8. The normalized spacial score (nSPS) is 14.5. The maximum Gasteiger partial charge on any atom is 0.338 e. The van der Waals surface area contributed by atoms with E-state index in [0.29, 0.717) is 42.9 Å². The molecule has 0 fully saturated rings. The quantitative estimate of drug-likeness (QED) is 0.176. The van der Waals surface area contributed by atoms with Crippen LogP contribution < -0.4 is 29.1 Å². The van der Waals surface area contributed by atoms with Gasteiger partial charge in [0.2, 0.25) is 0 Å². The second-order valence-electron chi connectivity index (χ2n) is 10.5. The molecule has 46 heavy (non-hydrogen) atoms. The first-order chi connectivity index (χ1) is 22.3. The molecule has 0 saturated carbocycles. The second kappa shape index (κ2) is 13.2. The Morgan fingerprint density at radius 2 is 1.72 bits per heavy atom. The second-order valence-corrected chi connectivity index (χ2v) is 11.9. The predicted octanol–water partition coefficient (Wildman–Crippen LogP) is 6.20. The first kappa shape index (κ1) is 31.1. The number of hydrogen-bond donors (Lipinski definition) is 0. The maximum absolute atomic E-state index is 14.3. The zero-order valence-electron chi connectivity index (χ0n) is 25.7. The molecule has 4 aromatic carbocycles. The van der Waals surface area contributed by atoms with Crippen molar-refractivity contribution in [1.29, 1.82) is 0 Å². The van der Waals surface area contributed by atoms with E-state index in [1.807, 2.05) is 66.7 Å². The molecule has 2 heterocycles. The van der Waals surface area contributed by atoms with E-state index in [9.17, 15) is 9.59 Å². The number of carbonyl (C=O) groups excluding carboxylic acids is 1. The fourth-order valence-electron chi connectivity index (χ4n) is 5.62. The third-order valence-corrected chi connectivity index (χ3v) is 9.12. The minimum atomic E-state index is -0.825. The third kappa shape index (κ3) is 5.79. The Labute approximate surface area is 274 Å². The number of allylic oxidation sites excluding steroid dienone is 1. The van der Waals surface area contributed by atoms with Crippen LogP contribution in [-0.4, -0.2) is 31.4 Å². The standard InChI is InChI=1S/C36H31ClN2O6S/c1-5-44-35(41)31-21(2)38-36-39(33(31)32-25-12-8-6-10-23(25)15-17-28(32)42-3)34(40)30(46-36)19-22-14-16-27(29(18-22)43-4)45-20-24-11-7-9-13-26(24)37/h6-19,33H,5,20H2,1-4H3/t33-/m0/s1. The summed E-state index contributed by atoms with van der Waals surface area (Å²) >= 11 is 7.54. The number of esters is 1. The van der Waals surface area contributed by atoms with Crippen LogP contribution in [0.3, 0.4) is 0 Å². The van der Waals surface area contributed by atoms with Gasteiger partial charge in [-0.3, -0.25) is 9.36 Å². The molecule has 0 spiro atoms. The molecule has 5 aromatic rings. The van der Waals surface area contributed by atoms with Gasteiger partial charge in [-0.05, 0) is 60.5 Å². The van der Waals surface area contributed by atoms with E-state index in [1.54, 1.807) is 50.8 Å². The van der Waals surface area contributed by atoms with Crippen LogP contribution in [-0.2, 0) is 16.1 Å². The van der Waals surface area contributed by atoms with Gasteiger partial charge in [0.05, 0.1) is 36.6 Å². The smallest absolute Gasteiger partial charge is 0.338 e. The van der Waals surface area contributed by atoms with E-state index in [1.165, 1.54) is 11.3 Å². The van der Waals surface area contributed by atoms with Crippen molar-refractivity contribution in [2.24, 2.45) is 4.99 Å². The molecule has 1 aliphatic rings. The van der Waals surface area contributed by atoms with Crippen molar-refractivity contribution in [3.63, 3.8) is 0 Å². The lowest BCUT2D eigenvalue weighted by Gasteiger charge is -2.27. The predicted molar refractivity (Wildman–Crippen MR) is 180 cm³/mol. The van der Waals surface area contributed by atoms with Crippen molar-refractivity contribution < 1.29 is 23.7 Å². The zero-order valence-corrected chi connectivity index (χ0v) is 27.3. The van der Waals surface area contributed by atoms with Gasteiger partial charge in [0.25, 0.3) is 5.56 Å². The van der Waals surface area contributed by atoms with Crippen molar-refractivity contribution in [2.75, 3.05) is 20.8 Å². The van der Waals surface area contributed by atoms with E-state index < -0.39 is 12.0 Å². The molecule has 6 rings (SSSR count). The summed E-state index contributed by atoms with van der Waals surface area (Å²) in [5.74, 6) is 1.06. The summed E-state index contributed by atoms with van der Waals surface area (Å²) in [6.07, 6.45) is 1.78. The lowest BCUT2D eigenvalue weighted by atomic mass is 9.90. The molecule has 0 amide bonds. The number of methoxy groups -OCH3 is 2. The van der Waals surface area contributed by atoms with Gasteiger partial charge in [0.1, 0.15) is 18.4 Å². The van der Waals surface area contributed by atoms with Crippen LogP contribution in [0.1, 0.15) is 36.6 Å². The third-order valence-electron chi connectivity index (χ3n) is 7.77. The van der Waals surface area contributed by atoms with Crippen LogP contribution in [0, 0.1) is 0 Å². The average Bonchev–Trinajstić information content (AvgIpc) is 3.37. The van der Waals surface area contributed by atoms with Crippen LogP contribution in [0.15, 0.2) is 99.9 Å². The SMILES string of the molecule is CCOC(=O)C1=C(C)N=c2sc(=Cc3ccc(OCc4ccccc4Cl)c(OC)c3)c(=O)n2[C@@H]1c1c(OC)ccc2ccccc12. The molecular formula is C36H31ClN2O6S. The van der Waals surface area contributed by atoms with Crippen molar-refractivity contribution in [1.82, 2.24) is 4.57 Å². The minimum Gasteiger partial charge on any atom is -0.496 e. The average molecular weight is 655 g/mol. The Morgan fingerprint density at radius 1 is 0.978 bits per heavy atom. The minimum absolute atomic E-state index is 0.180. The van der Waals surface area contributed by atoms with Gasteiger partial charge in [-0.15, -0.1) is 0 Å². The number of rotatable bonds is 9. The first-order valence-corrected chi connectivity index (χ1v) is 15.8. The summed E-state index contributed by atoms with van der Waals surface area (Å²) in [6, 6.07) is 23.7. The summed E-state index contributed by atoms with van der Waals surface area (Å²) in [4.78, 5) is 32.9. The summed E-state index contributed by atoms with van der Waals surface area (Å²) in [5.41, 5.74) is 2.74. The van der Waals surface area contributed by atoms with Gasteiger partial charge in [0.15, 0.2) is 16.3 Å². The van der Waals surface area contributed by atoms with Crippen LogP contribution >= 0.6 is 22.9 Å². The van der Waals surface area contributed by atoms with Gasteiger partial charge in [0, 0.05) is 16.1 Å². The lowest BCUT2D eigenvalue weighted by Crippen LogP contribution is -2.40. The Bertz CT molecular complexity index is 2190. The van der Waals surface area contributed by atoms with E-state index in [4.69, 9.17) is 35.5 Å². The Morgan fingerprint density at radius 3 is 2.48 bits per heavy atom. The number of halogens is 1. The van der Waals surface area contributed by atoms with Crippen LogP contribution in [0.25, 0.3) is 16.8 Å². The van der Waals surface area contributed by atoms with Crippen molar-refractivity contribution in [3.05, 3.63) is 132 Å². The van der Waals surface area contributed by atoms with Crippen molar-refractivity contribution in [2.45, 2.75) is 26.5 Å². The molecule has 10 heteroatoms. The zero-order chi connectivity index (χ0) is 32.4. The van der Waals surface area contributed by atoms with Crippen LogP contribution in [0.4, 0.5) is 0 Å². The van der Waals surface area contributed by atoms with E-state index >= 15 is 0 Å². The Hall–Kier alpha value is -4.86. The van der Waals surface area contributed by atoms with Gasteiger partial charge in [-0.25, -0.2) is 9.79 Å². The van der Waals surface area contributed by atoms with E-state index in [-0.39, 0.29) is 24.3 Å². The highest BCUT2D eigenvalue weighted by Crippen LogP contribution is 2.40. The fourth-order valence-corrected chi connectivity index (χ4v) is 6.85. The van der Waals surface area contributed by atoms with E-state index in [2.05, 4.69) is 0 Å². The first-order valence-electron chi connectivity index (χ1n) is 14.6. The van der Waals surface area contributed by atoms with E-state index in [0.717, 1.165) is 21.9 Å². The molecule has 0 bridgehead atoms. The number of ether oxygens (including phenoxy) is 4. The molecule has 1 atom stereocenters. The monoisotopic (exact) mass is 654 g/mol. The summed E-state index contributed by atoms with van der Waals surface area (Å²) in [6.45, 7) is 3.96. The topological polar surface area (TPSA) is 88.4 Å². The maximum atomic E-state index is 14.3. The lowest BCUT2D eigenvalue weighted by molar-refractivity contribution is -0.139. The molecule has 1 aliphatic heterocycles. The van der Waals surface area contributed by atoms with Crippen molar-refractivity contribution >= 4 is 45.8 Å². The molecular weight excluding hydrogens is 624 g/mol. The van der Waals surface area contributed by atoms with Gasteiger partial charge >= 0.3 is 5.97 Å². The molecule has 234 valence electrons. The number of benzene rings is 4. The summed E-state index contributed by atoms with van der Waals surface area (Å²) < 4.78 is 25.0. The van der Waals surface area contributed by atoms with Gasteiger partial charge < -0.3 is 18.9 Å². The summed E-state index contributed by atoms with van der Waals surface area (Å²) in [5, 5.41) is 2.42. The highest BCUT2D eigenvalue weighted by Gasteiger charge is 2.36. The molecule has 0 saturated heterocycles. The molecule has 0 unspecified atom stereocenters. The number of nitrogens with zero attached hydrogens (tertiary/aromatic N) is 2. The summed E-state index contributed by atoms with van der Waals surface area (Å²) in [7, 11) is 3.14. The molecule has 0 radical (unpaired) electrons. The van der Waals surface area contributed by atoms with Crippen LogP contribution in [0.5, 0.6) is 17.2 Å². The Balaban J connectivity index is 1.48. The van der Waals surface area contributed by atoms with Crippen molar-refractivity contribution in [3.8, 4) is 17.2 Å². The molecule has 1 aromatic heterocycles.